The maximum atomic E-state index is 4.40. The lowest BCUT2D eigenvalue weighted by atomic mass is 10.3. The second kappa shape index (κ2) is 5.68. The van der Waals surface area contributed by atoms with Crippen molar-refractivity contribution in [3.63, 3.8) is 0 Å². The monoisotopic (exact) mass is 367 g/mol. The van der Waals surface area contributed by atoms with Crippen LogP contribution >= 0.6 is 22.6 Å². The Kier molecular flexibility index (Phi) is 3.77. The van der Waals surface area contributed by atoms with Gasteiger partial charge in [0.1, 0.15) is 18.0 Å². The second-order valence-electron chi connectivity index (χ2n) is 4.36. The van der Waals surface area contributed by atoms with Crippen molar-refractivity contribution >= 4 is 34.2 Å². The number of hydrogen-bond acceptors (Lipinski definition) is 5. The number of anilines is 2. The van der Waals surface area contributed by atoms with Gasteiger partial charge in [0.2, 0.25) is 0 Å². The minimum Gasteiger partial charge on any atom is -0.353 e. The summed E-state index contributed by atoms with van der Waals surface area (Å²) in [6, 6.07) is 6.04. The lowest BCUT2D eigenvalue weighted by Crippen LogP contribution is -2.47. The molecule has 0 aromatic carbocycles. The highest BCUT2D eigenvalue weighted by Gasteiger charge is 2.20. The second-order valence-corrected chi connectivity index (χ2v) is 5.52. The summed E-state index contributed by atoms with van der Waals surface area (Å²) in [4.78, 5) is 17.4. The van der Waals surface area contributed by atoms with Gasteiger partial charge in [-0.2, -0.15) is 0 Å². The highest BCUT2D eigenvalue weighted by molar-refractivity contribution is 14.1. The average molecular weight is 367 g/mol. The molecule has 0 aliphatic carbocycles. The number of rotatable bonds is 2. The Labute approximate surface area is 125 Å². The SMILES string of the molecule is Ic1cncnc1N1CCN(c2ccccn2)CC1. The number of hydrogen-bond donors (Lipinski definition) is 0. The first-order chi connectivity index (χ1) is 9.34. The van der Waals surface area contributed by atoms with Crippen LogP contribution in [0.15, 0.2) is 36.9 Å². The van der Waals surface area contributed by atoms with Crippen LogP contribution in [0.2, 0.25) is 0 Å². The van der Waals surface area contributed by atoms with Crippen molar-refractivity contribution < 1.29 is 0 Å². The lowest BCUT2D eigenvalue weighted by molar-refractivity contribution is 0.640. The number of aromatic nitrogens is 3. The zero-order chi connectivity index (χ0) is 13.1. The molecule has 6 heteroatoms. The van der Waals surface area contributed by atoms with Gasteiger partial charge in [-0.25, -0.2) is 15.0 Å². The third-order valence-electron chi connectivity index (χ3n) is 3.20. The summed E-state index contributed by atoms with van der Waals surface area (Å²) in [5.74, 6) is 2.09. The minimum atomic E-state index is 0.962. The Morgan fingerprint density at radius 2 is 1.79 bits per heavy atom. The highest BCUT2D eigenvalue weighted by atomic mass is 127. The molecule has 0 unspecified atom stereocenters. The van der Waals surface area contributed by atoms with E-state index >= 15 is 0 Å². The topological polar surface area (TPSA) is 45.2 Å². The van der Waals surface area contributed by atoms with E-state index in [0.29, 0.717) is 0 Å². The molecule has 3 heterocycles. The van der Waals surface area contributed by atoms with Gasteiger partial charge in [0.25, 0.3) is 0 Å². The quantitative estimate of drug-likeness (QED) is 0.758. The van der Waals surface area contributed by atoms with Gasteiger partial charge in [0, 0.05) is 38.6 Å². The van der Waals surface area contributed by atoms with Crippen molar-refractivity contribution in [1.82, 2.24) is 15.0 Å². The van der Waals surface area contributed by atoms with Gasteiger partial charge in [-0.05, 0) is 34.7 Å². The molecule has 98 valence electrons. The van der Waals surface area contributed by atoms with Gasteiger partial charge in [-0.3, -0.25) is 0 Å². The van der Waals surface area contributed by atoms with Crippen LogP contribution in [-0.2, 0) is 0 Å². The number of piperazine rings is 1. The summed E-state index contributed by atoms with van der Waals surface area (Å²) in [5, 5.41) is 0. The fourth-order valence-electron chi connectivity index (χ4n) is 2.23. The molecule has 0 bridgehead atoms. The van der Waals surface area contributed by atoms with Crippen LogP contribution in [0.3, 0.4) is 0 Å². The molecule has 1 aliphatic heterocycles. The van der Waals surface area contributed by atoms with Crippen LogP contribution < -0.4 is 9.80 Å². The van der Waals surface area contributed by atoms with Crippen LogP contribution in [0.5, 0.6) is 0 Å². The van der Waals surface area contributed by atoms with E-state index in [1.54, 1.807) is 6.33 Å². The van der Waals surface area contributed by atoms with Crippen molar-refractivity contribution in [2.24, 2.45) is 0 Å². The van der Waals surface area contributed by atoms with Crippen molar-refractivity contribution in [2.75, 3.05) is 36.0 Å². The van der Waals surface area contributed by atoms with E-state index in [4.69, 9.17) is 0 Å². The van der Waals surface area contributed by atoms with E-state index in [9.17, 15) is 0 Å². The first kappa shape index (κ1) is 12.6. The average Bonchev–Trinajstić information content (AvgIpc) is 2.49. The molecule has 1 aliphatic rings. The summed E-state index contributed by atoms with van der Waals surface area (Å²) in [6.45, 7) is 3.86. The molecule has 0 N–H and O–H groups in total. The van der Waals surface area contributed by atoms with Crippen LogP contribution in [0.25, 0.3) is 0 Å². The zero-order valence-corrected chi connectivity index (χ0v) is 12.6. The molecule has 0 amide bonds. The molecule has 3 rings (SSSR count). The Hall–Kier alpha value is -1.44. The lowest BCUT2D eigenvalue weighted by Gasteiger charge is -2.36. The largest absolute Gasteiger partial charge is 0.353 e. The predicted octanol–water partition coefficient (Wildman–Crippen LogP) is 1.80. The predicted molar refractivity (Wildman–Crippen MR) is 83.4 cm³/mol. The number of halogens is 1. The summed E-state index contributed by atoms with van der Waals surface area (Å²) in [6.07, 6.45) is 5.31. The van der Waals surface area contributed by atoms with Gasteiger partial charge in [-0.15, -0.1) is 0 Å². The van der Waals surface area contributed by atoms with Crippen molar-refractivity contribution in [2.45, 2.75) is 0 Å². The molecule has 0 atom stereocenters. The van der Waals surface area contributed by atoms with Gasteiger partial charge in [-0.1, -0.05) is 6.07 Å². The molecule has 5 nitrogen and oxygen atoms in total. The maximum Gasteiger partial charge on any atom is 0.145 e. The fourth-order valence-corrected chi connectivity index (χ4v) is 2.87. The normalized spacial score (nSPS) is 15.6. The summed E-state index contributed by atoms with van der Waals surface area (Å²) >= 11 is 2.29. The van der Waals surface area contributed by atoms with E-state index in [1.807, 2.05) is 24.5 Å². The third kappa shape index (κ3) is 2.78. The van der Waals surface area contributed by atoms with Gasteiger partial charge in [0.05, 0.1) is 3.57 Å². The van der Waals surface area contributed by atoms with Crippen LogP contribution in [0.4, 0.5) is 11.6 Å². The van der Waals surface area contributed by atoms with E-state index in [-0.39, 0.29) is 0 Å². The Bertz CT molecular complexity index is 540. The molecule has 1 saturated heterocycles. The molecule has 0 saturated carbocycles. The van der Waals surface area contributed by atoms with Crippen LogP contribution in [0, 0.1) is 3.57 Å². The first-order valence-corrected chi connectivity index (χ1v) is 7.29. The van der Waals surface area contributed by atoms with Crippen LogP contribution in [0.1, 0.15) is 0 Å². The van der Waals surface area contributed by atoms with E-state index in [0.717, 1.165) is 41.4 Å². The number of pyridine rings is 1. The minimum absolute atomic E-state index is 0.962. The van der Waals surface area contributed by atoms with Crippen LogP contribution in [-0.4, -0.2) is 41.1 Å². The third-order valence-corrected chi connectivity index (χ3v) is 3.96. The van der Waals surface area contributed by atoms with Crippen molar-refractivity contribution in [1.29, 1.82) is 0 Å². The molecular formula is C13H14IN5. The molecule has 0 radical (unpaired) electrons. The molecule has 1 fully saturated rings. The molecule has 0 spiro atoms. The molecule has 19 heavy (non-hydrogen) atoms. The van der Waals surface area contributed by atoms with Crippen molar-refractivity contribution in [3.8, 4) is 0 Å². The first-order valence-electron chi connectivity index (χ1n) is 6.21. The summed E-state index contributed by atoms with van der Waals surface area (Å²) in [5.41, 5.74) is 0. The Morgan fingerprint density at radius 3 is 2.47 bits per heavy atom. The van der Waals surface area contributed by atoms with E-state index in [1.165, 1.54) is 0 Å². The fraction of sp³-hybridized carbons (Fsp3) is 0.308. The maximum absolute atomic E-state index is 4.40. The molecular weight excluding hydrogens is 353 g/mol. The summed E-state index contributed by atoms with van der Waals surface area (Å²) < 4.78 is 1.10. The standard InChI is InChI=1S/C13H14IN5/c14-11-9-15-10-17-13(11)19-7-5-18(6-8-19)12-3-1-2-4-16-12/h1-4,9-10H,5-8H2. The van der Waals surface area contributed by atoms with Crippen molar-refractivity contribution in [3.05, 3.63) is 40.5 Å². The highest BCUT2D eigenvalue weighted by Crippen LogP contribution is 2.21. The van der Waals surface area contributed by atoms with E-state index in [2.05, 4.69) is 53.4 Å². The molecule has 2 aromatic rings. The van der Waals surface area contributed by atoms with E-state index < -0.39 is 0 Å². The zero-order valence-electron chi connectivity index (χ0n) is 10.4. The summed E-state index contributed by atoms with van der Waals surface area (Å²) in [7, 11) is 0. The number of nitrogens with zero attached hydrogens (tertiary/aromatic N) is 5. The van der Waals surface area contributed by atoms with Gasteiger partial charge in [0.15, 0.2) is 0 Å². The smallest absolute Gasteiger partial charge is 0.145 e. The van der Waals surface area contributed by atoms with Gasteiger partial charge < -0.3 is 9.80 Å². The Balaban J connectivity index is 1.69. The van der Waals surface area contributed by atoms with Gasteiger partial charge >= 0.3 is 0 Å². The molecule has 2 aromatic heterocycles. The Morgan fingerprint density at radius 1 is 1.00 bits per heavy atom.